The van der Waals surface area contributed by atoms with Crippen molar-refractivity contribution in [2.45, 2.75) is 18.4 Å². The molecule has 2 N–H and O–H groups in total. The number of aliphatic hydroxyl groups excluding tert-OH is 1. The Bertz CT molecular complexity index is 1150. The fourth-order valence-electron chi connectivity index (χ4n) is 7.05. The van der Waals surface area contributed by atoms with Gasteiger partial charge < -0.3 is 10.4 Å². The summed E-state index contributed by atoms with van der Waals surface area (Å²) in [6.45, 7) is 5.35. The summed E-state index contributed by atoms with van der Waals surface area (Å²) < 4.78 is 0. The molecule has 2 heterocycles. The summed E-state index contributed by atoms with van der Waals surface area (Å²) in [7, 11) is 0. The molecule has 8 rings (SSSR count). The predicted molar refractivity (Wildman–Crippen MR) is 137 cm³/mol. The van der Waals surface area contributed by atoms with Gasteiger partial charge >= 0.3 is 0 Å². The van der Waals surface area contributed by atoms with Crippen molar-refractivity contribution in [2.75, 3.05) is 32.8 Å². The lowest BCUT2D eigenvalue weighted by molar-refractivity contribution is 0.124. The van der Waals surface area contributed by atoms with Crippen molar-refractivity contribution in [3.63, 3.8) is 0 Å². The molecule has 33 heavy (non-hydrogen) atoms. The van der Waals surface area contributed by atoms with E-state index in [2.05, 4.69) is 76.9 Å². The number of rotatable bonds is 3. The first-order valence-corrected chi connectivity index (χ1v) is 11.6. The first-order valence-electron chi connectivity index (χ1n) is 11.6. The average Bonchev–Trinajstić information content (AvgIpc) is 3.36. The Morgan fingerprint density at radius 2 is 1.39 bits per heavy atom. The summed E-state index contributed by atoms with van der Waals surface area (Å²) >= 11 is 0. The first-order chi connectivity index (χ1) is 15.3. The molecule has 0 radical (unpaired) electrons. The molecular formula is C28H30Cl2N2O. The van der Waals surface area contributed by atoms with E-state index in [0.29, 0.717) is 24.4 Å². The van der Waals surface area contributed by atoms with Crippen molar-refractivity contribution in [3.8, 4) is 0 Å². The summed E-state index contributed by atoms with van der Waals surface area (Å²) in [6.07, 6.45) is 0. The Balaban J connectivity index is 0.00000114. The minimum Gasteiger partial charge on any atom is -0.396 e. The fraction of sp³-hybridized carbons (Fsp3) is 0.357. The van der Waals surface area contributed by atoms with Gasteiger partial charge in [0.2, 0.25) is 0 Å². The molecule has 0 aromatic heterocycles. The van der Waals surface area contributed by atoms with Crippen LogP contribution in [-0.4, -0.2) is 42.8 Å². The van der Waals surface area contributed by atoms with Crippen LogP contribution in [0.2, 0.25) is 0 Å². The molecule has 2 aliphatic heterocycles. The normalized spacial score (nSPS) is 28.2. The third-order valence-electron chi connectivity index (χ3n) is 8.48. The van der Waals surface area contributed by atoms with Gasteiger partial charge in [-0.05, 0) is 51.4 Å². The number of nitrogens with zero attached hydrogens (tertiary/aromatic N) is 1. The number of halogens is 2. The largest absolute Gasteiger partial charge is 0.396 e. The van der Waals surface area contributed by atoms with Crippen molar-refractivity contribution in [1.29, 1.82) is 0 Å². The number of aliphatic hydroxyl groups is 1. The van der Waals surface area contributed by atoms with Gasteiger partial charge in [-0.1, -0.05) is 66.7 Å². The van der Waals surface area contributed by atoms with Crippen LogP contribution >= 0.6 is 24.8 Å². The fourth-order valence-corrected chi connectivity index (χ4v) is 7.05. The summed E-state index contributed by atoms with van der Waals surface area (Å²) in [4.78, 5) is 2.56. The van der Waals surface area contributed by atoms with Gasteiger partial charge in [0.25, 0.3) is 0 Å². The van der Waals surface area contributed by atoms with Crippen molar-refractivity contribution in [2.24, 2.45) is 11.3 Å². The summed E-state index contributed by atoms with van der Waals surface area (Å²) in [5.41, 5.74) is 10.4. The highest BCUT2D eigenvalue weighted by Gasteiger charge is 2.49. The van der Waals surface area contributed by atoms with E-state index < -0.39 is 0 Å². The Hall–Kier alpha value is -1.88. The molecule has 0 amide bonds. The minimum atomic E-state index is 0. The van der Waals surface area contributed by atoms with Crippen LogP contribution in [0.1, 0.15) is 50.8 Å². The van der Waals surface area contributed by atoms with Crippen molar-refractivity contribution in [3.05, 3.63) is 106 Å². The van der Waals surface area contributed by atoms with E-state index in [4.69, 9.17) is 0 Å². The molecule has 2 fully saturated rings. The van der Waals surface area contributed by atoms with E-state index in [1.165, 1.54) is 38.9 Å². The molecular weight excluding hydrogens is 451 g/mol. The van der Waals surface area contributed by atoms with E-state index in [9.17, 15) is 5.11 Å². The molecule has 3 aromatic rings. The van der Waals surface area contributed by atoms with Crippen LogP contribution in [0.5, 0.6) is 0 Å². The second-order valence-electron chi connectivity index (χ2n) is 10.1. The third-order valence-corrected chi connectivity index (χ3v) is 8.48. The van der Waals surface area contributed by atoms with Crippen LogP contribution in [0.15, 0.2) is 66.7 Å². The average molecular weight is 481 g/mol. The number of likely N-dealkylation sites (tertiary alicyclic amines) is 1. The maximum Gasteiger partial charge on any atom is 0.0515 e. The zero-order valence-corrected chi connectivity index (χ0v) is 20.2. The van der Waals surface area contributed by atoms with Crippen molar-refractivity contribution in [1.82, 2.24) is 10.2 Å². The Labute approximate surface area is 208 Å². The lowest BCUT2D eigenvalue weighted by Crippen LogP contribution is -2.35. The van der Waals surface area contributed by atoms with Gasteiger partial charge in [0.05, 0.1) is 6.61 Å². The van der Waals surface area contributed by atoms with Gasteiger partial charge in [0.15, 0.2) is 0 Å². The summed E-state index contributed by atoms with van der Waals surface area (Å²) in [5, 5.41) is 13.6. The zero-order valence-electron chi connectivity index (χ0n) is 18.5. The van der Waals surface area contributed by atoms with Gasteiger partial charge in [-0.3, -0.25) is 4.90 Å². The van der Waals surface area contributed by atoms with Crippen molar-refractivity contribution < 1.29 is 5.11 Å². The van der Waals surface area contributed by atoms with Gasteiger partial charge in [-0.2, -0.15) is 0 Å². The second kappa shape index (κ2) is 8.41. The molecule has 2 bridgehead atoms. The number of hydrogen-bond donors (Lipinski definition) is 2. The van der Waals surface area contributed by atoms with Gasteiger partial charge in [0, 0.05) is 43.4 Å². The van der Waals surface area contributed by atoms with Crippen LogP contribution in [0, 0.1) is 11.3 Å². The molecule has 3 aromatic carbocycles. The van der Waals surface area contributed by atoms with Gasteiger partial charge in [0.1, 0.15) is 0 Å². The zero-order chi connectivity index (χ0) is 20.6. The molecule has 2 saturated heterocycles. The maximum absolute atomic E-state index is 10.1. The highest BCUT2D eigenvalue weighted by atomic mass is 35.5. The van der Waals surface area contributed by atoms with E-state index in [1.54, 1.807) is 0 Å². The standard InChI is InChI=1S/C28H28N2O.2ClH/c31-17-28-15-29-12-19(28)14-30(16-28)13-18-9-10-24-25(11-18)27-22-7-3-1-5-20(22)26(24)21-6-2-4-8-23(21)27;;/h1-11,19,26-27,29,31H,12-17H2;2*1H. The maximum atomic E-state index is 10.1. The quantitative estimate of drug-likeness (QED) is 0.398. The van der Waals surface area contributed by atoms with Gasteiger partial charge in [-0.15, -0.1) is 24.8 Å². The van der Waals surface area contributed by atoms with Gasteiger partial charge in [-0.25, -0.2) is 0 Å². The number of fused-ring (bicyclic) bond motifs is 1. The Kier molecular flexibility index (Phi) is 5.83. The highest BCUT2D eigenvalue weighted by Crippen LogP contribution is 2.55. The molecule has 0 saturated carbocycles. The predicted octanol–water partition coefficient (Wildman–Crippen LogP) is 4.53. The lowest BCUT2D eigenvalue weighted by Gasteiger charge is -2.42. The topological polar surface area (TPSA) is 35.5 Å². The molecule has 3 nitrogen and oxygen atoms in total. The molecule has 5 heteroatoms. The lowest BCUT2D eigenvalue weighted by atomic mass is 9.61. The monoisotopic (exact) mass is 480 g/mol. The summed E-state index contributed by atoms with van der Waals surface area (Å²) in [6, 6.07) is 25.3. The number of benzene rings is 3. The molecule has 2 atom stereocenters. The minimum absolute atomic E-state index is 0. The van der Waals surface area contributed by atoms with Crippen LogP contribution in [0.3, 0.4) is 0 Å². The molecule has 3 aliphatic carbocycles. The van der Waals surface area contributed by atoms with Crippen LogP contribution < -0.4 is 5.32 Å². The van der Waals surface area contributed by atoms with E-state index in [-0.39, 0.29) is 30.2 Å². The number of hydrogen-bond acceptors (Lipinski definition) is 3. The van der Waals surface area contributed by atoms with Crippen LogP contribution in [0.25, 0.3) is 0 Å². The van der Waals surface area contributed by atoms with E-state index in [1.807, 2.05) is 0 Å². The Morgan fingerprint density at radius 1 is 0.818 bits per heavy atom. The molecule has 172 valence electrons. The smallest absolute Gasteiger partial charge is 0.0515 e. The SMILES string of the molecule is Cl.Cl.OCC12CNCC1CN(Cc1ccc3c(c1)C1c4ccccc4C3c3ccccc31)C2. The van der Waals surface area contributed by atoms with Crippen LogP contribution in [-0.2, 0) is 6.54 Å². The molecule has 0 spiro atoms. The van der Waals surface area contributed by atoms with Crippen LogP contribution in [0.4, 0.5) is 0 Å². The highest BCUT2D eigenvalue weighted by molar-refractivity contribution is 5.85. The number of nitrogens with one attached hydrogen (secondary N) is 1. The van der Waals surface area contributed by atoms with E-state index in [0.717, 1.165) is 32.7 Å². The molecule has 2 unspecified atom stereocenters. The Morgan fingerprint density at radius 3 is 1.97 bits per heavy atom. The van der Waals surface area contributed by atoms with E-state index >= 15 is 0 Å². The first kappa shape index (κ1) is 22.9. The third kappa shape index (κ3) is 3.21. The second-order valence-corrected chi connectivity index (χ2v) is 10.1. The van der Waals surface area contributed by atoms with Crippen molar-refractivity contribution >= 4 is 24.8 Å². The summed E-state index contributed by atoms with van der Waals surface area (Å²) in [5.74, 6) is 1.28. The molecule has 5 aliphatic rings.